The predicted molar refractivity (Wildman–Crippen MR) is 52.5 cm³/mol. The van der Waals surface area contributed by atoms with E-state index in [9.17, 15) is 5.11 Å². The normalized spacial score (nSPS) is 15.7. The Morgan fingerprint density at radius 3 is 2.08 bits per heavy atom. The van der Waals surface area contributed by atoms with Crippen LogP contribution in [0.2, 0.25) is 0 Å². The van der Waals surface area contributed by atoms with Gasteiger partial charge in [-0.25, -0.2) is 0 Å². The summed E-state index contributed by atoms with van der Waals surface area (Å²) >= 11 is 0. The van der Waals surface area contributed by atoms with E-state index in [-0.39, 0.29) is 18.8 Å². The number of rotatable bonds is 8. The van der Waals surface area contributed by atoms with Gasteiger partial charge in [-0.3, -0.25) is 0 Å². The Kier molecular flexibility index (Phi) is 8.40. The molecule has 2 unspecified atom stereocenters. The highest BCUT2D eigenvalue weighted by atomic mass is 16.3. The molecule has 0 amide bonds. The molecule has 0 heterocycles. The molecule has 0 fully saturated rings. The zero-order valence-corrected chi connectivity index (χ0v) is 8.45. The second-order valence-electron chi connectivity index (χ2n) is 3.65. The van der Waals surface area contributed by atoms with Gasteiger partial charge in [0.2, 0.25) is 0 Å². The van der Waals surface area contributed by atoms with Crippen LogP contribution >= 0.6 is 0 Å². The van der Waals surface area contributed by atoms with Gasteiger partial charge in [-0.05, 0) is 45.4 Å². The molecule has 0 aromatic carbocycles. The van der Waals surface area contributed by atoms with E-state index in [1.807, 2.05) is 0 Å². The molecule has 0 radical (unpaired) electrons. The molecule has 0 saturated carbocycles. The fraction of sp³-hybridized carbons (Fsp3) is 1.00. The molecular weight excluding hydrogens is 168 g/mol. The first kappa shape index (κ1) is 12.9. The number of aliphatic hydroxyl groups excluding tert-OH is 3. The average molecular weight is 190 g/mol. The van der Waals surface area contributed by atoms with Crippen LogP contribution in [0, 0.1) is 0 Å². The van der Waals surface area contributed by atoms with Gasteiger partial charge in [0.05, 0.1) is 12.2 Å². The van der Waals surface area contributed by atoms with Crippen LogP contribution in [0.25, 0.3) is 0 Å². The Morgan fingerprint density at radius 1 is 0.923 bits per heavy atom. The van der Waals surface area contributed by atoms with E-state index < -0.39 is 0 Å². The first-order valence-electron chi connectivity index (χ1n) is 5.13. The van der Waals surface area contributed by atoms with Gasteiger partial charge in [0.1, 0.15) is 0 Å². The molecule has 3 nitrogen and oxygen atoms in total. The van der Waals surface area contributed by atoms with Gasteiger partial charge < -0.3 is 15.3 Å². The molecule has 2 atom stereocenters. The minimum Gasteiger partial charge on any atom is -0.396 e. The lowest BCUT2D eigenvalue weighted by Crippen LogP contribution is -2.08. The second kappa shape index (κ2) is 8.48. The predicted octanol–water partition coefficient (Wildman–Crippen LogP) is 1.06. The molecule has 3 N–H and O–H groups in total. The smallest absolute Gasteiger partial charge is 0.0540 e. The minimum atomic E-state index is -0.260. The molecule has 0 bridgehead atoms. The van der Waals surface area contributed by atoms with Crippen molar-refractivity contribution in [1.82, 2.24) is 0 Å². The van der Waals surface area contributed by atoms with E-state index >= 15 is 0 Å². The molecule has 3 heteroatoms. The Labute approximate surface area is 80.4 Å². The fourth-order valence-electron chi connectivity index (χ4n) is 1.28. The molecule has 0 rings (SSSR count). The standard InChI is InChI=1S/C10H22O3/c1-9(12)5-4-7-10(13)6-2-3-8-11/h9-13H,2-8H2,1H3. The summed E-state index contributed by atoms with van der Waals surface area (Å²) in [5, 5.41) is 26.9. The van der Waals surface area contributed by atoms with E-state index in [0.717, 1.165) is 38.5 Å². The van der Waals surface area contributed by atoms with E-state index in [4.69, 9.17) is 10.2 Å². The van der Waals surface area contributed by atoms with Crippen LogP contribution in [0.5, 0.6) is 0 Å². The van der Waals surface area contributed by atoms with E-state index in [1.165, 1.54) is 0 Å². The SMILES string of the molecule is CC(O)CCCC(O)CCCCO. The van der Waals surface area contributed by atoms with Crippen LogP contribution < -0.4 is 0 Å². The summed E-state index contributed by atoms with van der Waals surface area (Å²) in [5.41, 5.74) is 0. The Balaban J connectivity index is 3.15. The van der Waals surface area contributed by atoms with Crippen LogP contribution in [-0.2, 0) is 0 Å². The molecular formula is C10H22O3. The van der Waals surface area contributed by atoms with Gasteiger partial charge in [0, 0.05) is 6.61 Å². The lowest BCUT2D eigenvalue weighted by molar-refractivity contribution is 0.131. The summed E-state index contributed by atoms with van der Waals surface area (Å²) in [6.45, 7) is 1.97. The zero-order valence-electron chi connectivity index (χ0n) is 8.45. The minimum absolute atomic E-state index is 0.209. The lowest BCUT2D eigenvalue weighted by Gasteiger charge is -2.10. The Morgan fingerprint density at radius 2 is 1.54 bits per heavy atom. The quantitative estimate of drug-likeness (QED) is 0.502. The van der Waals surface area contributed by atoms with Crippen LogP contribution in [0.1, 0.15) is 45.4 Å². The molecule has 0 aliphatic carbocycles. The molecule has 0 spiro atoms. The summed E-state index contributed by atoms with van der Waals surface area (Å²) in [6, 6.07) is 0. The molecule has 80 valence electrons. The van der Waals surface area contributed by atoms with Crippen LogP contribution in [0.3, 0.4) is 0 Å². The van der Waals surface area contributed by atoms with Gasteiger partial charge in [0.25, 0.3) is 0 Å². The van der Waals surface area contributed by atoms with E-state index in [0.29, 0.717) is 0 Å². The monoisotopic (exact) mass is 190 g/mol. The second-order valence-corrected chi connectivity index (χ2v) is 3.65. The van der Waals surface area contributed by atoms with Crippen LogP contribution in [0.4, 0.5) is 0 Å². The molecule has 13 heavy (non-hydrogen) atoms. The largest absolute Gasteiger partial charge is 0.396 e. The molecule has 0 aliphatic heterocycles. The zero-order chi connectivity index (χ0) is 10.1. The Hall–Kier alpha value is -0.120. The summed E-state index contributed by atoms with van der Waals surface area (Å²) in [7, 11) is 0. The third-order valence-corrected chi connectivity index (χ3v) is 2.10. The maximum atomic E-state index is 9.43. The van der Waals surface area contributed by atoms with Crippen molar-refractivity contribution in [1.29, 1.82) is 0 Å². The van der Waals surface area contributed by atoms with Crippen molar-refractivity contribution < 1.29 is 15.3 Å². The van der Waals surface area contributed by atoms with Gasteiger partial charge in [-0.15, -0.1) is 0 Å². The van der Waals surface area contributed by atoms with Gasteiger partial charge in [-0.2, -0.15) is 0 Å². The third-order valence-electron chi connectivity index (χ3n) is 2.10. The van der Waals surface area contributed by atoms with Crippen molar-refractivity contribution in [2.75, 3.05) is 6.61 Å². The maximum absolute atomic E-state index is 9.43. The van der Waals surface area contributed by atoms with Crippen molar-refractivity contribution in [3.63, 3.8) is 0 Å². The first-order valence-corrected chi connectivity index (χ1v) is 5.13. The lowest BCUT2D eigenvalue weighted by atomic mass is 10.0. The molecule has 0 saturated heterocycles. The van der Waals surface area contributed by atoms with E-state index in [1.54, 1.807) is 6.92 Å². The number of unbranched alkanes of at least 4 members (excludes halogenated alkanes) is 1. The van der Waals surface area contributed by atoms with Crippen molar-refractivity contribution in [3.8, 4) is 0 Å². The molecule has 0 aliphatic rings. The van der Waals surface area contributed by atoms with Gasteiger partial charge in [-0.1, -0.05) is 0 Å². The molecule has 0 aromatic rings. The van der Waals surface area contributed by atoms with Crippen molar-refractivity contribution in [3.05, 3.63) is 0 Å². The number of hydrogen-bond donors (Lipinski definition) is 3. The third kappa shape index (κ3) is 9.80. The summed E-state index contributed by atoms with van der Waals surface area (Å²) in [4.78, 5) is 0. The molecule has 0 aromatic heterocycles. The highest BCUT2D eigenvalue weighted by molar-refractivity contribution is 4.57. The van der Waals surface area contributed by atoms with Crippen molar-refractivity contribution in [2.24, 2.45) is 0 Å². The highest BCUT2D eigenvalue weighted by Crippen LogP contribution is 2.09. The number of aliphatic hydroxyl groups is 3. The highest BCUT2D eigenvalue weighted by Gasteiger charge is 2.04. The van der Waals surface area contributed by atoms with Crippen molar-refractivity contribution in [2.45, 2.75) is 57.7 Å². The van der Waals surface area contributed by atoms with E-state index in [2.05, 4.69) is 0 Å². The van der Waals surface area contributed by atoms with Crippen molar-refractivity contribution >= 4 is 0 Å². The number of hydrogen-bond acceptors (Lipinski definition) is 3. The van der Waals surface area contributed by atoms with Gasteiger partial charge >= 0.3 is 0 Å². The van der Waals surface area contributed by atoms with Gasteiger partial charge in [0.15, 0.2) is 0 Å². The summed E-state index contributed by atoms with van der Waals surface area (Å²) in [6.07, 6.45) is 4.29. The van der Waals surface area contributed by atoms with Crippen LogP contribution in [0.15, 0.2) is 0 Å². The Bertz CT molecular complexity index is 104. The maximum Gasteiger partial charge on any atom is 0.0540 e. The first-order chi connectivity index (χ1) is 6.16. The summed E-state index contributed by atoms with van der Waals surface area (Å²) in [5.74, 6) is 0. The fourth-order valence-corrected chi connectivity index (χ4v) is 1.28. The summed E-state index contributed by atoms with van der Waals surface area (Å²) < 4.78 is 0. The average Bonchev–Trinajstić information content (AvgIpc) is 2.04. The van der Waals surface area contributed by atoms with Crippen LogP contribution in [-0.4, -0.2) is 34.1 Å². The topological polar surface area (TPSA) is 60.7 Å².